The van der Waals surface area contributed by atoms with Crippen molar-refractivity contribution in [2.75, 3.05) is 42.5 Å². The Morgan fingerprint density at radius 1 is 0.564 bits per heavy atom. The highest BCUT2D eigenvalue weighted by molar-refractivity contribution is 8.02. The van der Waals surface area contributed by atoms with Gasteiger partial charge in [-0.1, -0.05) is 26.5 Å². The van der Waals surface area contributed by atoms with Crippen molar-refractivity contribution < 1.29 is 37.0 Å². The second-order valence-electron chi connectivity index (χ2n) is 10.9. The minimum absolute atomic E-state index is 0.351. The van der Waals surface area contributed by atoms with Crippen LogP contribution in [0.3, 0.4) is 0 Å². The van der Waals surface area contributed by atoms with E-state index in [9.17, 15) is 9.67 Å². The van der Waals surface area contributed by atoms with Gasteiger partial charge >= 0.3 is 28.8 Å². The maximum Gasteiger partial charge on any atom is 0.540 e. The van der Waals surface area contributed by atoms with Gasteiger partial charge in [0.05, 0.1) is 46.9 Å². The summed E-state index contributed by atoms with van der Waals surface area (Å²) in [5, 5.41) is 23.6. The number of methoxy groups -OCH3 is 1. The maximum absolute atomic E-state index is 12.5. The van der Waals surface area contributed by atoms with Crippen molar-refractivity contribution >= 4 is 82.9 Å². The number of rotatable bonds is 20. The Labute approximate surface area is 338 Å². The molecule has 21 heteroatoms. The summed E-state index contributed by atoms with van der Waals surface area (Å²) in [6, 6.07) is 28.5. The zero-order valence-electron chi connectivity index (χ0n) is 30.5. The van der Waals surface area contributed by atoms with Crippen molar-refractivity contribution in [1.29, 1.82) is 0 Å². The van der Waals surface area contributed by atoms with E-state index in [4.69, 9.17) is 62.8 Å². The van der Waals surface area contributed by atoms with Crippen molar-refractivity contribution in [2.45, 2.75) is 5.85 Å². The minimum Gasteiger partial charge on any atom is -0.497 e. The summed E-state index contributed by atoms with van der Waals surface area (Å²) in [4.78, 5) is 0. The van der Waals surface area contributed by atoms with Gasteiger partial charge in [0.15, 0.2) is 23.1 Å². The fourth-order valence-corrected chi connectivity index (χ4v) is 8.01. The van der Waals surface area contributed by atoms with Crippen LogP contribution in [0.1, 0.15) is 28.1 Å². The van der Waals surface area contributed by atoms with Gasteiger partial charge in [-0.05, 0) is 107 Å². The van der Waals surface area contributed by atoms with E-state index in [0.717, 1.165) is 22.4 Å². The van der Waals surface area contributed by atoms with Crippen LogP contribution in [0.25, 0.3) is 0 Å². The number of hydrogen-bond acceptors (Lipinski definition) is 14. The summed E-state index contributed by atoms with van der Waals surface area (Å²) in [6.45, 7) is 0. The van der Waals surface area contributed by atoms with E-state index in [2.05, 4.69) is 15.3 Å². The van der Waals surface area contributed by atoms with E-state index in [0.29, 0.717) is 22.8 Å². The Morgan fingerprint density at radius 3 is 1.15 bits per heavy atom. The molecule has 0 aliphatic heterocycles. The molecule has 4 aromatic rings. The molecule has 0 amide bonds. The van der Waals surface area contributed by atoms with E-state index in [-0.39, 0.29) is 0 Å². The van der Waals surface area contributed by atoms with E-state index >= 15 is 0 Å². The lowest BCUT2D eigenvalue weighted by Gasteiger charge is -2.19. The lowest BCUT2D eigenvalue weighted by atomic mass is 10.2. The summed E-state index contributed by atoms with van der Waals surface area (Å²) >= 11 is 16.6. The molecule has 288 valence electrons. The molecule has 14 nitrogen and oxygen atoms in total. The number of aliphatic hydroxyl groups excluding tert-OH is 1. The molecule has 1 N–H and O–H groups in total. The SMILES string of the molecule is COc1ccc(/C=N/N(C)[P+](=S)Oc2ccc(/C=N/N(C)[P+](=S)Oc3ccc(/C=N/N(C)[P+](=S)Oc4ccc(C(O)P(=O)(OC)OC)cc4)cc3)cc2)cc1. The first-order valence-corrected chi connectivity index (χ1v) is 24.2. The predicted octanol–water partition coefficient (Wildman–Crippen LogP) is 8.53. The quantitative estimate of drug-likeness (QED) is 0.0515. The Hall–Kier alpha value is -3.84. The van der Waals surface area contributed by atoms with Gasteiger partial charge in [0.25, 0.3) is 0 Å². The van der Waals surface area contributed by atoms with E-state index in [1.807, 2.05) is 60.7 Å². The van der Waals surface area contributed by atoms with Crippen LogP contribution in [0.5, 0.6) is 23.0 Å². The number of benzene rings is 4. The Bertz CT molecular complexity index is 2060. The molecule has 4 atom stereocenters. The minimum atomic E-state index is -3.69. The van der Waals surface area contributed by atoms with Crippen LogP contribution in [0.15, 0.2) is 112 Å². The molecule has 4 aromatic carbocycles. The average Bonchev–Trinajstić information content (AvgIpc) is 3.21. The standard InChI is InChI=1S/C34H39N6O8P4S3/c1-38(35-23-26-7-15-30(43-4)16-8-26)49(53)46-31-17-9-27(10-18-31)24-36-39(2)50(54)47-32-19-11-28(12-20-32)25-37-40(3)51(55)48-33-21-13-29(14-22-33)34(41)52(42,44-5)45-6/h7-25,34,41H,1-6H3/q+3/b35-23+,36-24+,37-25+. The molecule has 0 fully saturated rings. The molecule has 4 rings (SSSR count). The summed E-state index contributed by atoms with van der Waals surface area (Å²) in [6.07, 6.45) is 5.05. The van der Waals surface area contributed by atoms with Gasteiger partial charge in [-0.15, -0.1) is 15.3 Å². The molecule has 0 heterocycles. The second-order valence-corrected chi connectivity index (χ2v) is 19.8. The Balaban J connectivity index is 1.21. The number of nitrogens with zero attached hydrogens (tertiary/aromatic N) is 6. The molecule has 0 saturated carbocycles. The number of ether oxygens (including phenoxy) is 1. The highest BCUT2D eigenvalue weighted by Crippen LogP contribution is 2.58. The molecule has 55 heavy (non-hydrogen) atoms. The number of aliphatic hydroxyl groups is 1. The maximum atomic E-state index is 12.5. The first-order chi connectivity index (χ1) is 26.3. The van der Waals surface area contributed by atoms with Gasteiger partial charge in [0.2, 0.25) is 35.4 Å². The monoisotopic (exact) mass is 879 g/mol. The molecule has 0 spiro atoms. The van der Waals surface area contributed by atoms with Gasteiger partial charge < -0.3 is 18.9 Å². The largest absolute Gasteiger partial charge is 0.540 e. The lowest BCUT2D eigenvalue weighted by molar-refractivity contribution is 0.176. The van der Waals surface area contributed by atoms with E-state index in [1.165, 1.54) is 19.0 Å². The first-order valence-electron chi connectivity index (χ1n) is 16.0. The highest BCUT2D eigenvalue weighted by atomic mass is 32.4. The van der Waals surface area contributed by atoms with Crippen molar-refractivity contribution in [3.63, 3.8) is 0 Å². The molecular formula is C34H39N6O8P4S3+3. The van der Waals surface area contributed by atoms with E-state index in [1.54, 1.807) is 92.9 Å². The third-order valence-electron chi connectivity index (χ3n) is 7.24. The van der Waals surface area contributed by atoms with Crippen LogP contribution in [-0.4, -0.2) is 80.6 Å². The summed E-state index contributed by atoms with van der Waals surface area (Å²) in [7, 11) is 1.13. The van der Waals surface area contributed by atoms with Gasteiger partial charge in [-0.25, -0.2) is 0 Å². The zero-order valence-corrected chi connectivity index (χ0v) is 36.6. The molecule has 0 bridgehead atoms. The van der Waals surface area contributed by atoms with Gasteiger partial charge in [-0.2, -0.15) is 0 Å². The van der Waals surface area contributed by atoms with Crippen molar-refractivity contribution in [2.24, 2.45) is 15.3 Å². The molecule has 0 radical (unpaired) electrons. The van der Waals surface area contributed by atoms with Crippen LogP contribution in [0, 0.1) is 0 Å². The van der Waals surface area contributed by atoms with Crippen molar-refractivity contribution in [3.05, 3.63) is 119 Å². The van der Waals surface area contributed by atoms with Crippen molar-refractivity contribution in [3.8, 4) is 23.0 Å². The highest BCUT2D eigenvalue weighted by Gasteiger charge is 2.34. The van der Waals surface area contributed by atoms with Crippen LogP contribution < -0.4 is 18.3 Å². The molecule has 0 aliphatic carbocycles. The fraction of sp³-hybridized carbons (Fsp3) is 0.206. The second kappa shape index (κ2) is 21.5. The first kappa shape index (κ1) is 43.9. The van der Waals surface area contributed by atoms with Crippen molar-refractivity contribution in [1.82, 2.24) is 14.3 Å². The van der Waals surface area contributed by atoms with Gasteiger partial charge in [0, 0.05) is 14.2 Å². The smallest absolute Gasteiger partial charge is 0.497 e. The summed E-state index contributed by atoms with van der Waals surface area (Å²) < 4.78 is 49.8. The van der Waals surface area contributed by atoms with Gasteiger partial charge in [-0.3, -0.25) is 18.1 Å². The molecule has 0 saturated heterocycles. The van der Waals surface area contributed by atoms with Crippen LogP contribution in [0.4, 0.5) is 0 Å². The Kier molecular flexibility index (Phi) is 17.1. The fourth-order valence-electron chi connectivity index (χ4n) is 4.10. The third kappa shape index (κ3) is 13.4. The van der Waals surface area contributed by atoms with Crippen LogP contribution in [-0.2, 0) is 49.0 Å². The topological polar surface area (TPSA) is 139 Å². The Morgan fingerprint density at radius 2 is 0.855 bits per heavy atom. The molecule has 0 aromatic heterocycles. The number of hydrazone groups is 3. The predicted molar refractivity (Wildman–Crippen MR) is 230 cm³/mol. The number of hydrogen-bond donors (Lipinski definition) is 1. The summed E-state index contributed by atoms with van der Waals surface area (Å²) in [5.41, 5.74) is 2.92. The molecule has 4 unspecified atom stereocenters. The third-order valence-corrected chi connectivity index (χ3v) is 14.8. The summed E-state index contributed by atoms with van der Waals surface area (Å²) in [5.74, 6) is 1.01. The normalized spacial score (nSPS) is 13.0. The van der Waals surface area contributed by atoms with Crippen LogP contribution in [0.2, 0.25) is 0 Å². The molecular weight excluding hydrogens is 841 g/mol. The van der Waals surface area contributed by atoms with Gasteiger partial charge in [0.1, 0.15) is 5.75 Å². The zero-order chi connectivity index (χ0) is 40.0. The average molecular weight is 880 g/mol. The van der Waals surface area contributed by atoms with E-state index < -0.39 is 34.7 Å². The molecule has 0 aliphatic rings. The van der Waals surface area contributed by atoms with Crippen LogP contribution >= 0.6 is 28.8 Å². The lowest BCUT2D eigenvalue weighted by Crippen LogP contribution is -2.04.